The van der Waals surface area contributed by atoms with E-state index in [2.05, 4.69) is 0 Å². The molecule has 0 aromatic heterocycles. The van der Waals surface area contributed by atoms with Gasteiger partial charge in [0, 0.05) is 5.56 Å². The fraction of sp³-hybridized carbons (Fsp3) is 0.500. The van der Waals surface area contributed by atoms with Crippen molar-refractivity contribution in [2.75, 3.05) is 21.0 Å². The van der Waals surface area contributed by atoms with Gasteiger partial charge in [-0.15, -0.1) is 0 Å². The van der Waals surface area contributed by atoms with Crippen molar-refractivity contribution >= 4 is 5.78 Å². The maximum atomic E-state index is 11.9. The van der Waals surface area contributed by atoms with Crippen molar-refractivity contribution in [2.24, 2.45) is 0 Å². The fourth-order valence-corrected chi connectivity index (χ4v) is 2.39. The SMILES string of the molecule is CCCc1c(OC)c(OC)c2c(c1C(C)=O)OCO2. The summed E-state index contributed by atoms with van der Waals surface area (Å²) in [6.07, 6.45) is 1.60. The maximum absolute atomic E-state index is 11.9. The largest absolute Gasteiger partial charge is 0.492 e. The van der Waals surface area contributed by atoms with Gasteiger partial charge in [0.15, 0.2) is 17.3 Å². The predicted octanol–water partition coefficient (Wildman–Crippen LogP) is 2.59. The van der Waals surface area contributed by atoms with Gasteiger partial charge in [-0.2, -0.15) is 0 Å². The Bertz CT molecular complexity index is 507. The predicted molar refractivity (Wildman–Crippen MR) is 69.7 cm³/mol. The molecule has 1 aromatic rings. The number of ether oxygens (including phenoxy) is 4. The first-order valence-electron chi connectivity index (χ1n) is 6.23. The van der Waals surface area contributed by atoms with Gasteiger partial charge in [-0.05, 0) is 13.3 Å². The molecular weight excluding hydrogens is 248 g/mol. The van der Waals surface area contributed by atoms with Crippen LogP contribution in [-0.2, 0) is 6.42 Å². The molecule has 2 rings (SSSR count). The minimum atomic E-state index is -0.0637. The molecule has 0 bridgehead atoms. The van der Waals surface area contributed by atoms with Crippen LogP contribution in [0.4, 0.5) is 0 Å². The number of hydrogen-bond donors (Lipinski definition) is 0. The summed E-state index contributed by atoms with van der Waals surface area (Å²) < 4.78 is 21.6. The lowest BCUT2D eigenvalue weighted by Crippen LogP contribution is -2.06. The summed E-state index contributed by atoms with van der Waals surface area (Å²) in [5.41, 5.74) is 1.35. The summed E-state index contributed by atoms with van der Waals surface area (Å²) in [5.74, 6) is 1.89. The lowest BCUT2D eigenvalue weighted by molar-refractivity contribution is 0.101. The molecule has 0 radical (unpaired) electrons. The van der Waals surface area contributed by atoms with Crippen LogP contribution < -0.4 is 18.9 Å². The normalized spacial score (nSPS) is 12.4. The van der Waals surface area contributed by atoms with Crippen LogP contribution in [-0.4, -0.2) is 26.8 Å². The average molecular weight is 266 g/mol. The molecule has 0 atom stereocenters. The van der Waals surface area contributed by atoms with Crippen molar-refractivity contribution in [3.8, 4) is 23.0 Å². The number of methoxy groups -OCH3 is 2. The summed E-state index contributed by atoms with van der Waals surface area (Å²) in [5, 5.41) is 0. The van der Waals surface area contributed by atoms with Crippen LogP contribution in [0.5, 0.6) is 23.0 Å². The lowest BCUT2D eigenvalue weighted by Gasteiger charge is -2.18. The number of Topliss-reactive ketones (excluding diaryl/α,β-unsaturated/α-hetero) is 1. The number of rotatable bonds is 5. The molecule has 0 saturated heterocycles. The first-order valence-corrected chi connectivity index (χ1v) is 6.23. The molecule has 5 nitrogen and oxygen atoms in total. The Balaban J connectivity index is 2.78. The molecule has 1 aromatic carbocycles. The van der Waals surface area contributed by atoms with E-state index in [0.717, 1.165) is 12.0 Å². The number of ketones is 1. The quantitative estimate of drug-likeness (QED) is 0.767. The van der Waals surface area contributed by atoms with E-state index in [1.165, 1.54) is 6.92 Å². The zero-order chi connectivity index (χ0) is 14.0. The van der Waals surface area contributed by atoms with E-state index in [1.54, 1.807) is 14.2 Å². The van der Waals surface area contributed by atoms with Gasteiger partial charge < -0.3 is 18.9 Å². The Morgan fingerprint density at radius 2 is 1.79 bits per heavy atom. The van der Waals surface area contributed by atoms with Gasteiger partial charge in [0.1, 0.15) is 0 Å². The molecule has 5 heteroatoms. The van der Waals surface area contributed by atoms with E-state index in [4.69, 9.17) is 18.9 Å². The van der Waals surface area contributed by atoms with E-state index in [9.17, 15) is 4.79 Å². The summed E-state index contributed by atoms with van der Waals surface area (Å²) in [6.45, 7) is 3.65. The van der Waals surface area contributed by atoms with Crippen molar-refractivity contribution < 1.29 is 23.7 Å². The smallest absolute Gasteiger partial charge is 0.231 e. The molecule has 0 fully saturated rings. The molecule has 0 saturated carbocycles. The van der Waals surface area contributed by atoms with Gasteiger partial charge in [-0.3, -0.25) is 4.79 Å². The van der Waals surface area contributed by atoms with Gasteiger partial charge in [-0.1, -0.05) is 13.3 Å². The maximum Gasteiger partial charge on any atom is 0.231 e. The molecule has 0 N–H and O–H groups in total. The van der Waals surface area contributed by atoms with E-state index >= 15 is 0 Å². The van der Waals surface area contributed by atoms with E-state index in [1.807, 2.05) is 6.92 Å². The molecule has 0 amide bonds. The Morgan fingerprint density at radius 3 is 2.32 bits per heavy atom. The number of carbonyl (C=O) groups excluding carboxylic acids is 1. The third kappa shape index (κ3) is 2.09. The van der Waals surface area contributed by atoms with Gasteiger partial charge >= 0.3 is 0 Å². The van der Waals surface area contributed by atoms with Crippen LogP contribution in [0.2, 0.25) is 0 Å². The van der Waals surface area contributed by atoms with Crippen LogP contribution >= 0.6 is 0 Å². The number of fused-ring (bicyclic) bond motifs is 1. The number of benzene rings is 1. The number of carbonyl (C=O) groups is 1. The highest BCUT2D eigenvalue weighted by molar-refractivity contribution is 6.01. The second-order valence-electron chi connectivity index (χ2n) is 4.29. The van der Waals surface area contributed by atoms with Gasteiger partial charge in [0.05, 0.1) is 19.8 Å². The van der Waals surface area contributed by atoms with Crippen LogP contribution in [0.25, 0.3) is 0 Å². The molecule has 0 aliphatic carbocycles. The Hall–Kier alpha value is -1.91. The Morgan fingerprint density at radius 1 is 1.16 bits per heavy atom. The highest BCUT2D eigenvalue weighted by atomic mass is 16.7. The first-order chi connectivity index (χ1) is 9.15. The van der Waals surface area contributed by atoms with Crippen LogP contribution in [0.3, 0.4) is 0 Å². The summed E-state index contributed by atoms with van der Waals surface area (Å²) in [6, 6.07) is 0. The third-order valence-electron chi connectivity index (χ3n) is 3.09. The minimum Gasteiger partial charge on any atom is -0.492 e. The monoisotopic (exact) mass is 266 g/mol. The minimum absolute atomic E-state index is 0.0637. The van der Waals surface area contributed by atoms with Crippen LogP contribution in [0, 0.1) is 0 Å². The third-order valence-corrected chi connectivity index (χ3v) is 3.09. The van der Waals surface area contributed by atoms with Crippen LogP contribution in [0.15, 0.2) is 0 Å². The van der Waals surface area contributed by atoms with Crippen molar-refractivity contribution in [1.29, 1.82) is 0 Å². The molecule has 0 unspecified atom stereocenters. The Kier molecular flexibility index (Phi) is 3.83. The topological polar surface area (TPSA) is 54.0 Å². The Labute approximate surface area is 112 Å². The molecular formula is C14H18O5. The zero-order valence-electron chi connectivity index (χ0n) is 11.7. The van der Waals surface area contributed by atoms with E-state index in [0.29, 0.717) is 35.0 Å². The second-order valence-corrected chi connectivity index (χ2v) is 4.29. The van der Waals surface area contributed by atoms with Crippen molar-refractivity contribution in [3.63, 3.8) is 0 Å². The van der Waals surface area contributed by atoms with E-state index < -0.39 is 0 Å². The summed E-state index contributed by atoms with van der Waals surface area (Å²) >= 11 is 0. The van der Waals surface area contributed by atoms with Crippen molar-refractivity contribution in [1.82, 2.24) is 0 Å². The van der Waals surface area contributed by atoms with E-state index in [-0.39, 0.29) is 12.6 Å². The average Bonchev–Trinajstić information content (AvgIpc) is 2.85. The van der Waals surface area contributed by atoms with Gasteiger partial charge in [0.25, 0.3) is 0 Å². The highest BCUT2D eigenvalue weighted by Gasteiger charge is 2.32. The molecule has 104 valence electrons. The molecule has 1 aliphatic heterocycles. The van der Waals surface area contributed by atoms with Crippen LogP contribution in [0.1, 0.15) is 36.2 Å². The summed E-state index contributed by atoms with van der Waals surface area (Å²) in [4.78, 5) is 11.9. The standard InChI is InChI=1S/C14H18O5/c1-5-6-9-10(8(2)15)12-14(19-7-18-12)13(17-4)11(9)16-3/h5-7H2,1-4H3. The summed E-state index contributed by atoms with van der Waals surface area (Å²) in [7, 11) is 3.10. The van der Waals surface area contributed by atoms with Gasteiger partial charge in [-0.25, -0.2) is 0 Å². The molecule has 19 heavy (non-hydrogen) atoms. The zero-order valence-corrected chi connectivity index (χ0v) is 11.7. The molecule has 1 aliphatic rings. The van der Waals surface area contributed by atoms with Gasteiger partial charge in [0.2, 0.25) is 18.3 Å². The molecule has 1 heterocycles. The van der Waals surface area contributed by atoms with Crippen molar-refractivity contribution in [3.05, 3.63) is 11.1 Å². The highest BCUT2D eigenvalue weighted by Crippen LogP contribution is 2.52. The second kappa shape index (κ2) is 5.38. The fourth-order valence-electron chi connectivity index (χ4n) is 2.39. The molecule has 0 spiro atoms. The number of hydrogen-bond acceptors (Lipinski definition) is 5. The van der Waals surface area contributed by atoms with Crippen molar-refractivity contribution in [2.45, 2.75) is 26.7 Å². The lowest BCUT2D eigenvalue weighted by atomic mass is 9.97. The first kappa shape index (κ1) is 13.5.